The molecule has 4 N–H and O–H groups in total. The van der Waals surface area contributed by atoms with Crippen molar-refractivity contribution in [2.75, 3.05) is 6.54 Å². The second-order valence-electron chi connectivity index (χ2n) is 15.4. The third-order valence-corrected chi connectivity index (χ3v) is 11.1. The summed E-state index contributed by atoms with van der Waals surface area (Å²) in [5.74, 6) is -1.13. The number of piperidine rings is 1. The van der Waals surface area contributed by atoms with Gasteiger partial charge in [-0.3, -0.25) is 19.2 Å². The van der Waals surface area contributed by atoms with Crippen LogP contribution in [0.15, 0.2) is 0 Å². The molecule has 0 radical (unpaired) electrons. The van der Waals surface area contributed by atoms with Crippen molar-refractivity contribution < 1.29 is 28.7 Å². The highest BCUT2D eigenvalue weighted by Crippen LogP contribution is 2.65. The Hall–Kier alpha value is -2.65. The second kappa shape index (κ2) is 11.5. The average Bonchev–Trinajstić information content (AvgIpc) is 3.25. The zero-order valence-electron chi connectivity index (χ0n) is 25.9. The molecule has 10 heteroatoms. The largest absolute Gasteiger partial charge is 0.444 e. The van der Waals surface area contributed by atoms with Crippen LogP contribution in [0.1, 0.15) is 98.8 Å². The van der Waals surface area contributed by atoms with Crippen LogP contribution < -0.4 is 16.4 Å². The molecule has 0 aromatic rings. The lowest BCUT2D eigenvalue weighted by atomic mass is 9.80. The first-order valence-corrected chi connectivity index (χ1v) is 16.1. The molecule has 0 bridgehead atoms. The molecule has 1 saturated heterocycles. The molecule has 5 fully saturated rings. The summed E-state index contributed by atoms with van der Waals surface area (Å²) in [5, 5.41) is 5.77. The summed E-state index contributed by atoms with van der Waals surface area (Å²) in [6.45, 7) is 9.98. The Morgan fingerprint density at radius 2 is 1.57 bits per heavy atom. The third kappa shape index (κ3) is 6.18. The van der Waals surface area contributed by atoms with Gasteiger partial charge in [0.25, 0.3) is 5.91 Å². The fourth-order valence-corrected chi connectivity index (χ4v) is 8.58. The number of rotatable bonds is 9. The van der Waals surface area contributed by atoms with E-state index in [9.17, 15) is 24.0 Å². The topological polar surface area (TPSA) is 148 Å². The predicted molar refractivity (Wildman–Crippen MR) is 156 cm³/mol. The molecule has 10 nitrogen and oxygen atoms in total. The van der Waals surface area contributed by atoms with Crippen LogP contribution in [-0.2, 0) is 23.9 Å². The number of Topliss-reactive ketones (excluding diaryl/α,β-unsaturated/α-hetero) is 1. The maximum absolute atomic E-state index is 14.4. The number of hydrogen-bond donors (Lipinski definition) is 3. The average molecular weight is 587 g/mol. The van der Waals surface area contributed by atoms with Crippen LogP contribution in [0, 0.1) is 40.9 Å². The summed E-state index contributed by atoms with van der Waals surface area (Å²) < 4.78 is 5.57. The summed E-state index contributed by atoms with van der Waals surface area (Å²) in [6.07, 6.45) is 9.15. The first-order chi connectivity index (χ1) is 19.7. The summed E-state index contributed by atoms with van der Waals surface area (Å²) in [6, 6.07) is -2.57. The van der Waals surface area contributed by atoms with E-state index in [1.807, 2.05) is 0 Å². The normalized spacial score (nSPS) is 32.9. The number of nitrogens with zero attached hydrogens (tertiary/aromatic N) is 1. The molecule has 5 aliphatic rings. The molecular weight excluding hydrogens is 536 g/mol. The Balaban J connectivity index is 1.38. The van der Waals surface area contributed by atoms with Gasteiger partial charge in [-0.2, -0.15) is 0 Å². The molecule has 4 amide bonds. The van der Waals surface area contributed by atoms with Gasteiger partial charge < -0.3 is 26.0 Å². The van der Waals surface area contributed by atoms with E-state index < -0.39 is 47.4 Å². The van der Waals surface area contributed by atoms with Crippen LogP contribution in [-0.4, -0.2) is 64.8 Å². The highest BCUT2D eigenvalue weighted by atomic mass is 16.6. The fraction of sp³-hybridized carbons (Fsp3) is 0.844. The van der Waals surface area contributed by atoms with Gasteiger partial charge in [-0.1, -0.05) is 58.8 Å². The van der Waals surface area contributed by atoms with Gasteiger partial charge in [0.2, 0.25) is 17.6 Å². The maximum atomic E-state index is 14.4. The molecule has 42 heavy (non-hydrogen) atoms. The Morgan fingerprint density at radius 3 is 2.10 bits per heavy atom. The minimum Gasteiger partial charge on any atom is -0.444 e. The zero-order chi connectivity index (χ0) is 30.6. The number of ketones is 1. The molecule has 0 aromatic carbocycles. The molecule has 5 rings (SSSR count). The fourth-order valence-electron chi connectivity index (χ4n) is 8.58. The van der Waals surface area contributed by atoms with Gasteiger partial charge in [-0.25, -0.2) is 4.79 Å². The Labute approximate surface area is 249 Å². The molecule has 4 saturated carbocycles. The van der Waals surface area contributed by atoms with Gasteiger partial charge in [0.05, 0.1) is 6.04 Å². The molecule has 7 atom stereocenters. The van der Waals surface area contributed by atoms with Crippen LogP contribution in [0.4, 0.5) is 4.79 Å². The van der Waals surface area contributed by atoms with Crippen molar-refractivity contribution in [3.8, 4) is 0 Å². The molecule has 0 aromatic heterocycles. The lowest BCUT2D eigenvalue weighted by Crippen LogP contribution is -2.59. The second-order valence-corrected chi connectivity index (χ2v) is 15.4. The molecular formula is C32H50N4O6. The van der Waals surface area contributed by atoms with E-state index in [1.54, 1.807) is 25.7 Å². The predicted octanol–water partition coefficient (Wildman–Crippen LogP) is 3.31. The standard InChI is InChI=1S/C32H50N4O6/c1-31(2,3)42-30(41)35-24(20-14-18-11-6-7-12-19(18)15-20)29(40)36-16-21-23(32(21,4)5)25(36)28(39)34-22(26(37)27(33)38)13-17-9-8-10-17/h17-25H,6-16H2,1-5H3,(H2,33,38)(H,34,39)(H,35,41)/t18?,19?,20?,21-,22?,23-,24?,25?/m1/s1. The van der Waals surface area contributed by atoms with Gasteiger partial charge in [0.15, 0.2) is 0 Å². The quantitative estimate of drug-likeness (QED) is 0.353. The summed E-state index contributed by atoms with van der Waals surface area (Å²) >= 11 is 0. The van der Waals surface area contributed by atoms with Crippen molar-refractivity contribution in [2.24, 2.45) is 46.7 Å². The van der Waals surface area contributed by atoms with E-state index in [4.69, 9.17) is 10.5 Å². The highest BCUT2D eigenvalue weighted by molar-refractivity contribution is 6.37. The first kappa shape index (κ1) is 30.8. The van der Waals surface area contributed by atoms with E-state index >= 15 is 0 Å². The van der Waals surface area contributed by atoms with E-state index in [0.29, 0.717) is 24.8 Å². The van der Waals surface area contributed by atoms with Gasteiger partial charge in [0, 0.05) is 6.54 Å². The number of amides is 4. The lowest BCUT2D eigenvalue weighted by Gasteiger charge is -2.36. The molecule has 0 spiro atoms. The van der Waals surface area contributed by atoms with Crippen molar-refractivity contribution in [3.05, 3.63) is 0 Å². The van der Waals surface area contributed by atoms with Crippen LogP contribution >= 0.6 is 0 Å². The molecule has 5 unspecified atom stereocenters. The van der Waals surface area contributed by atoms with E-state index in [2.05, 4.69) is 24.5 Å². The van der Waals surface area contributed by atoms with Crippen molar-refractivity contribution in [1.29, 1.82) is 0 Å². The first-order valence-electron chi connectivity index (χ1n) is 16.1. The minimum atomic E-state index is -1.06. The van der Waals surface area contributed by atoms with Crippen LogP contribution in [0.3, 0.4) is 0 Å². The molecule has 1 heterocycles. The Bertz CT molecular complexity index is 1100. The molecule has 4 aliphatic carbocycles. The van der Waals surface area contributed by atoms with Crippen LogP contribution in [0.25, 0.3) is 0 Å². The maximum Gasteiger partial charge on any atom is 0.408 e. The summed E-state index contributed by atoms with van der Waals surface area (Å²) in [5.41, 5.74) is 4.50. The number of nitrogens with two attached hydrogens (primary N) is 1. The number of nitrogens with one attached hydrogen (secondary N) is 2. The van der Waals surface area contributed by atoms with Gasteiger partial charge in [0.1, 0.15) is 17.7 Å². The van der Waals surface area contributed by atoms with Crippen molar-refractivity contribution >= 4 is 29.6 Å². The number of primary amides is 1. The number of fused-ring (bicyclic) bond motifs is 2. The van der Waals surface area contributed by atoms with Gasteiger partial charge in [-0.15, -0.1) is 0 Å². The monoisotopic (exact) mass is 586 g/mol. The van der Waals surface area contributed by atoms with Crippen molar-refractivity contribution in [3.63, 3.8) is 0 Å². The third-order valence-electron chi connectivity index (χ3n) is 11.1. The Kier molecular flexibility index (Phi) is 8.40. The van der Waals surface area contributed by atoms with Crippen molar-refractivity contribution in [2.45, 2.75) is 123 Å². The minimum absolute atomic E-state index is 0.0328. The van der Waals surface area contributed by atoms with Crippen molar-refractivity contribution in [1.82, 2.24) is 15.5 Å². The Morgan fingerprint density at radius 1 is 0.952 bits per heavy atom. The number of likely N-dealkylation sites (tertiary alicyclic amines) is 1. The number of carbonyl (C=O) groups is 5. The number of hydrogen-bond acceptors (Lipinski definition) is 6. The number of carbonyl (C=O) groups excluding carboxylic acids is 5. The zero-order valence-corrected chi connectivity index (χ0v) is 25.9. The SMILES string of the molecule is CC(C)(C)OC(=O)NC(C(=O)N1C[C@@H]2[C@H](C1C(=O)NC(CC1CCC1)C(=O)C(N)=O)C2(C)C)C1CC2CCCCC2C1. The summed E-state index contributed by atoms with van der Waals surface area (Å²) in [7, 11) is 0. The smallest absolute Gasteiger partial charge is 0.408 e. The highest BCUT2D eigenvalue weighted by Gasteiger charge is 2.70. The van der Waals surface area contributed by atoms with Gasteiger partial charge in [-0.05, 0) is 81.0 Å². The number of alkyl carbamates (subject to hydrolysis) is 1. The molecule has 234 valence electrons. The van der Waals surface area contributed by atoms with Crippen LogP contribution in [0.2, 0.25) is 0 Å². The van der Waals surface area contributed by atoms with Crippen LogP contribution in [0.5, 0.6) is 0 Å². The van der Waals surface area contributed by atoms with Gasteiger partial charge >= 0.3 is 6.09 Å². The van der Waals surface area contributed by atoms with E-state index in [-0.39, 0.29) is 35.0 Å². The lowest BCUT2D eigenvalue weighted by molar-refractivity contribution is -0.144. The number of ether oxygens (including phenoxy) is 1. The molecule has 1 aliphatic heterocycles. The van der Waals surface area contributed by atoms with E-state index in [1.165, 1.54) is 12.8 Å². The van der Waals surface area contributed by atoms with E-state index in [0.717, 1.165) is 44.9 Å². The summed E-state index contributed by atoms with van der Waals surface area (Å²) in [4.78, 5) is 67.6.